The highest BCUT2D eigenvalue weighted by molar-refractivity contribution is 7.92. The topological polar surface area (TPSA) is 156 Å². The highest BCUT2D eigenvalue weighted by Crippen LogP contribution is 2.34. The third kappa shape index (κ3) is 5.86. The van der Waals surface area contributed by atoms with E-state index in [9.17, 15) is 26.4 Å². The Bertz CT molecular complexity index is 1320. The number of nitrogens with two attached hydrogens (primary N) is 1. The van der Waals surface area contributed by atoms with E-state index in [4.69, 9.17) is 5.73 Å². The molecule has 0 unspecified atom stereocenters. The first-order valence-electron chi connectivity index (χ1n) is 9.44. The first-order chi connectivity index (χ1) is 15.9. The van der Waals surface area contributed by atoms with Gasteiger partial charge < -0.3 is 16.4 Å². The van der Waals surface area contributed by atoms with Crippen molar-refractivity contribution < 1.29 is 26.4 Å². The third-order valence-corrected chi connectivity index (χ3v) is 5.67. The lowest BCUT2D eigenvalue weighted by Crippen LogP contribution is -2.27. The number of aromatic nitrogens is 4. The standard InChI is InChI=1S/C19H19F3N8O3S/c1-30(34(2,32)33)17-12(7-24-10-27-17)8-25-16-14(19(20,21)22)9-26-18(29-16)28-13-5-3-4-11(6-13)15(23)31/h3-7,9-10H,8H2,1-2H3,(H2,23,31)(H2,25,26,28,29). The van der Waals surface area contributed by atoms with E-state index in [0.29, 0.717) is 11.9 Å². The number of benzene rings is 1. The van der Waals surface area contributed by atoms with Crippen LogP contribution in [0.1, 0.15) is 21.5 Å². The number of primary amides is 1. The van der Waals surface area contributed by atoms with Crippen molar-refractivity contribution in [2.75, 3.05) is 28.2 Å². The lowest BCUT2D eigenvalue weighted by Gasteiger charge is -2.19. The summed E-state index contributed by atoms with van der Waals surface area (Å²) >= 11 is 0. The summed E-state index contributed by atoms with van der Waals surface area (Å²) in [5.41, 5.74) is 4.82. The van der Waals surface area contributed by atoms with Gasteiger partial charge in [-0.05, 0) is 18.2 Å². The van der Waals surface area contributed by atoms with Gasteiger partial charge in [0.05, 0.1) is 6.26 Å². The first-order valence-corrected chi connectivity index (χ1v) is 11.3. The lowest BCUT2D eigenvalue weighted by molar-refractivity contribution is -0.137. The molecule has 0 radical (unpaired) electrons. The van der Waals surface area contributed by atoms with Crippen molar-refractivity contribution in [1.82, 2.24) is 19.9 Å². The van der Waals surface area contributed by atoms with Crippen molar-refractivity contribution in [2.24, 2.45) is 5.73 Å². The predicted octanol–water partition coefficient (Wildman–Crippen LogP) is 2.14. The van der Waals surface area contributed by atoms with E-state index in [0.717, 1.165) is 16.9 Å². The molecule has 34 heavy (non-hydrogen) atoms. The molecule has 0 saturated carbocycles. The van der Waals surface area contributed by atoms with Crippen molar-refractivity contribution in [2.45, 2.75) is 12.7 Å². The molecule has 4 N–H and O–H groups in total. The van der Waals surface area contributed by atoms with Crippen LogP contribution in [0.2, 0.25) is 0 Å². The zero-order valence-electron chi connectivity index (χ0n) is 17.8. The van der Waals surface area contributed by atoms with Crippen LogP contribution < -0.4 is 20.7 Å². The smallest absolute Gasteiger partial charge is 0.366 e. The third-order valence-electron chi connectivity index (χ3n) is 4.50. The first kappa shape index (κ1) is 24.6. The number of nitrogens with one attached hydrogen (secondary N) is 2. The number of hydrogen-bond acceptors (Lipinski definition) is 9. The Balaban J connectivity index is 1.92. The maximum atomic E-state index is 13.5. The number of anilines is 4. The number of sulfonamides is 1. The number of alkyl halides is 3. The Morgan fingerprint density at radius 3 is 2.59 bits per heavy atom. The quantitative estimate of drug-likeness (QED) is 0.425. The maximum absolute atomic E-state index is 13.5. The number of halogens is 3. The molecule has 15 heteroatoms. The fourth-order valence-electron chi connectivity index (χ4n) is 2.76. The van der Waals surface area contributed by atoms with Gasteiger partial charge in [0.25, 0.3) is 0 Å². The Labute approximate surface area is 192 Å². The molecule has 2 heterocycles. The molecule has 11 nitrogen and oxygen atoms in total. The minimum atomic E-state index is -4.77. The molecule has 0 atom stereocenters. The monoisotopic (exact) mass is 496 g/mol. The van der Waals surface area contributed by atoms with Gasteiger partial charge in [-0.1, -0.05) is 6.07 Å². The molecule has 0 fully saturated rings. The number of hydrogen-bond donors (Lipinski definition) is 3. The molecule has 1 aromatic carbocycles. The van der Waals surface area contributed by atoms with Crippen LogP contribution in [0.15, 0.2) is 43.0 Å². The highest BCUT2D eigenvalue weighted by atomic mass is 32.2. The van der Waals surface area contributed by atoms with E-state index in [1.54, 1.807) is 6.07 Å². The van der Waals surface area contributed by atoms with Crippen LogP contribution in [-0.4, -0.2) is 47.6 Å². The van der Waals surface area contributed by atoms with Gasteiger partial charge in [0, 0.05) is 42.8 Å². The van der Waals surface area contributed by atoms with Gasteiger partial charge in [-0.3, -0.25) is 9.10 Å². The molecule has 0 aliphatic carbocycles. The van der Waals surface area contributed by atoms with Crippen LogP contribution in [0.4, 0.5) is 36.4 Å². The second-order valence-electron chi connectivity index (χ2n) is 6.98. The Morgan fingerprint density at radius 2 is 1.94 bits per heavy atom. The summed E-state index contributed by atoms with van der Waals surface area (Å²) in [6, 6.07) is 5.95. The van der Waals surface area contributed by atoms with Crippen LogP contribution in [0.3, 0.4) is 0 Å². The van der Waals surface area contributed by atoms with Crippen LogP contribution in [0.5, 0.6) is 0 Å². The van der Waals surface area contributed by atoms with Gasteiger partial charge in [0.15, 0.2) is 0 Å². The van der Waals surface area contributed by atoms with E-state index in [-0.39, 0.29) is 29.4 Å². The zero-order chi connectivity index (χ0) is 25.1. The number of rotatable bonds is 8. The van der Waals surface area contributed by atoms with Crippen molar-refractivity contribution in [1.29, 1.82) is 0 Å². The molecule has 3 aromatic rings. The lowest BCUT2D eigenvalue weighted by atomic mass is 10.2. The van der Waals surface area contributed by atoms with Gasteiger partial charge in [0.2, 0.25) is 21.9 Å². The number of nitrogens with zero attached hydrogens (tertiary/aromatic N) is 5. The van der Waals surface area contributed by atoms with Crippen molar-refractivity contribution in [3.8, 4) is 0 Å². The normalized spacial score (nSPS) is 11.7. The summed E-state index contributed by atoms with van der Waals surface area (Å²) < 4.78 is 65.2. The van der Waals surface area contributed by atoms with Crippen LogP contribution in [0, 0.1) is 0 Å². The fourth-order valence-corrected chi connectivity index (χ4v) is 3.24. The second-order valence-corrected chi connectivity index (χ2v) is 8.99. The number of amides is 1. The van der Waals surface area contributed by atoms with Crippen LogP contribution in [0.25, 0.3) is 0 Å². The summed E-state index contributed by atoms with van der Waals surface area (Å²) in [4.78, 5) is 26.7. The summed E-state index contributed by atoms with van der Waals surface area (Å²) in [7, 11) is -2.42. The average Bonchev–Trinajstić information content (AvgIpc) is 2.76. The second kappa shape index (κ2) is 9.46. The van der Waals surface area contributed by atoms with Crippen LogP contribution in [-0.2, 0) is 22.7 Å². The van der Waals surface area contributed by atoms with Crippen molar-refractivity contribution in [3.05, 3.63) is 59.7 Å². The van der Waals surface area contributed by atoms with E-state index < -0.39 is 33.5 Å². The van der Waals surface area contributed by atoms with Crippen LogP contribution >= 0.6 is 0 Å². The van der Waals surface area contributed by atoms with Gasteiger partial charge in [-0.15, -0.1) is 0 Å². The molecule has 0 aliphatic rings. The molecule has 0 bridgehead atoms. The largest absolute Gasteiger partial charge is 0.421 e. The van der Waals surface area contributed by atoms with Crippen molar-refractivity contribution in [3.63, 3.8) is 0 Å². The molecule has 0 aliphatic heterocycles. The summed E-state index contributed by atoms with van der Waals surface area (Å²) in [5, 5.41) is 5.27. The molecular formula is C19H19F3N8O3S. The number of carbonyl (C=O) groups is 1. The van der Waals surface area contributed by atoms with Gasteiger partial charge in [0.1, 0.15) is 23.5 Å². The molecule has 0 spiro atoms. The molecule has 1 amide bonds. The molecule has 0 saturated heterocycles. The fraction of sp³-hybridized carbons (Fsp3) is 0.211. The molecule has 180 valence electrons. The zero-order valence-corrected chi connectivity index (χ0v) is 18.6. The average molecular weight is 496 g/mol. The summed E-state index contributed by atoms with van der Waals surface area (Å²) in [6.07, 6.45) is -0.814. The summed E-state index contributed by atoms with van der Waals surface area (Å²) in [5.74, 6) is -1.43. The van der Waals surface area contributed by atoms with Gasteiger partial charge in [-0.2, -0.15) is 18.2 Å². The van der Waals surface area contributed by atoms with E-state index in [2.05, 4.69) is 30.6 Å². The molecule has 3 rings (SSSR count). The molecule has 2 aromatic heterocycles. The van der Waals surface area contributed by atoms with Gasteiger partial charge in [-0.25, -0.2) is 23.4 Å². The number of carbonyl (C=O) groups excluding carboxylic acids is 1. The minimum absolute atomic E-state index is 0.00534. The summed E-state index contributed by atoms with van der Waals surface area (Å²) in [6.45, 7) is -0.271. The Morgan fingerprint density at radius 1 is 1.21 bits per heavy atom. The van der Waals surface area contributed by atoms with E-state index in [1.165, 1.54) is 31.4 Å². The minimum Gasteiger partial charge on any atom is -0.366 e. The van der Waals surface area contributed by atoms with Gasteiger partial charge >= 0.3 is 6.18 Å². The SMILES string of the molecule is CN(c1ncncc1CNc1nc(Nc2cccc(C(N)=O)c2)ncc1C(F)(F)F)S(C)(=O)=O. The Hall–Kier alpha value is -4.01. The van der Waals surface area contributed by atoms with E-state index >= 15 is 0 Å². The van der Waals surface area contributed by atoms with E-state index in [1.807, 2.05) is 0 Å². The predicted molar refractivity (Wildman–Crippen MR) is 118 cm³/mol. The Kier molecular flexibility index (Phi) is 6.85. The molecular weight excluding hydrogens is 477 g/mol. The maximum Gasteiger partial charge on any atom is 0.421 e. The highest BCUT2D eigenvalue weighted by Gasteiger charge is 2.35. The van der Waals surface area contributed by atoms with Crippen molar-refractivity contribution >= 4 is 39.2 Å².